The van der Waals surface area contributed by atoms with Gasteiger partial charge in [0, 0.05) is 45.0 Å². The van der Waals surface area contributed by atoms with E-state index >= 15 is 0 Å². The third-order valence-corrected chi connectivity index (χ3v) is 6.05. The van der Waals surface area contributed by atoms with Crippen molar-refractivity contribution in [3.63, 3.8) is 0 Å². The van der Waals surface area contributed by atoms with E-state index in [-0.39, 0.29) is 6.42 Å². The molecule has 1 atom stereocenters. The maximum absolute atomic E-state index is 11.1. The van der Waals surface area contributed by atoms with Crippen molar-refractivity contribution in [2.45, 2.75) is 46.4 Å². The molecular formula is C29H34N2O3. The molecule has 0 spiro atoms. The van der Waals surface area contributed by atoms with Crippen molar-refractivity contribution in [2.75, 3.05) is 6.54 Å². The van der Waals surface area contributed by atoms with E-state index in [9.17, 15) is 4.79 Å². The van der Waals surface area contributed by atoms with Gasteiger partial charge in [-0.15, -0.1) is 5.92 Å². The quantitative estimate of drug-likeness (QED) is 0.301. The average molecular weight is 459 g/mol. The zero-order valence-electron chi connectivity index (χ0n) is 20.4. The third kappa shape index (κ3) is 7.00. The van der Waals surface area contributed by atoms with Gasteiger partial charge in [-0.1, -0.05) is 42.8 Å². The number of ether oxygens (including phenoxy) is 1. The Labute approximate surface area is 203 Å². The molecule has 1 aromatic carbocycles. The van der Waals surface area contributed by atoms with Crippen molar-refractivity contribution in [3.05, 3.63) is 95.1 Å². The second-order valence-corrected chi connectivity index (χ2v) is 8.61. The predicted octanol–water partition coefficient (Wildman–Crippen LogP) is 5.23. The van der Waals surface area contributed by atoms with E-state index in [4.69, 9.17) is 9.84 Å². The van der Waals surface area contributed by atoms with Crippen LogP contribution < -0.4 is 0 Å². The molecule has 3 rings (SSSR count). The van der Waals surface area contributed by atoms with Crippen molar-refractivity contribution in [1.29, 1.82) is 0 Å². The number of rotatable bonds is 10. The summed E-state index contributed by atoms with van der Waals surface area (Å²) in [5, 5.41) is 9.09. The van der Waals surface area contributed by atoms with Crippen LogP contribution in [0.15, 0.2) is 72.7 Å². The van der Waals surface area contributed by atoms with Crippen LogP contribution in [0, 0.1) is 17.8 Å². The van der Waals surface area contributed by atoms with Crippen LogP contribution in [0.3, 0.4) is 0 Å². The number of allylic oxidation sites excluding steroid dienone is 4. The summed E-state index contributed by atoms with van der Waals surface area (Å²) in [7, 11) is 2.12. The minimum Gasteiger partial charge on any atom is -0.489 e. The minimum absolute atomic E-state index is 0.0640. The molecule has 0 aliphatic carbocycles. The van der Waals surface area contributed by atoms with E-state index < -0.39 is 11.9 Å². The molecule has 178 valence electrons. The molecule has 5 heteroatoms. The van der Waals surface area contributed by atoms with Gasteiger partial charge in [0.2, 0.25) is 0 Å². The molecule has 0 saturated carbocycles. The summed E-state index contributed by atoms with van der Waals surface area (Å²) in [6.07, 6.45) is 8.67. The van der Waals surface area contributed by atoms with Gasteiger partial charge in [0.1, 0.15) is 12.4 Å². The SMILES string of the molecule is C=C(/C=C\C(=C/C)OCc1cccc(CN2CCc3c(ccn3C)C2)c1)[C@@H](C#CC)CC(=O)O. The number of hydrogen-bond acceptors (Lipinski definition) is 3. The number of carbonyl (C=O) groups is 1. The molecule has 2 heterocycles. The molecule has 5 nitrogen and oxygen atoms in total. The van der Waals surface area contributed by atoms with Gasteiger partial charge in [0.15, 0.2) is 0 Å². The molecule has 0 fully saturated rings. The number of fused-ring (bicyclic) bond motifs is 1. The molecule has 1 aromatic heterocycles. The molecule has 1 aliphatic heterocycles. The number of hydrogen-bond donors (Lipinski definition) is 1. The van der Waals surface area contributed by atoms with Gasteiger partial charge in [-0.05, 0) is 54.3 Å². The van der Waals surface area contributed by atoms with Crippen molar-refractivity contribution in [3.8, 4) is 11.8 Å². The van der Waals surface area contributed by atoms with Gasteiger partial charge >= 0.3 is 5.97 Å². The Hall–Kier alpha value is -3.49. The molecular weight excluding hydrogens is 424 g/mol. The lowest BCUT2D eigenvalue weighted by Crippen LogP contribution is -2.30. The predicted molar refractivity (Wildman–Crippen MR) is 136 cm³/mol. The highest BCUT2D eigenvalue weighted by molar-refractivity contribution is 5.68. The van der Waals surface area contributed by atoms with Crippen LogP contribution in [0.4, 0.5) is 0 Å². The third-order valence-electron chi connectivity index (χ3n) is 6.05. The first kappa shape index (κ1) is 25.1. The second-order valence-electron chi connectivity index (χ2n) is 8.61. The van der Waals surface area contributed by atoms with Crippen LogP contribution in [0.2, 0.25) is 0 Å². The normalized spacial score (nSPS) is 14.9. The smallest absolute Gasteiger partial charge is 0.304 e. The van der Waals surface area contributed by atoms with Crippen molar-refractivity contribution < 1.29 is 14.6 Å². The summed E-state index contributed by atoms with van der Waals surface area (Å²) in [5.74, 6) is 5.11. The summed E-state index contributed by atoms with van der Waals surface area (Å²) < 4.78 is 8.24. The Balaban J connectivity index is 1.55. The highest BCUT2D eigenvalue weighted by Crippen LogP contribution is 2.22. The summed E-state index contributed by atoms with van der Waals surface area (Å²) >= 11 is 0. The van der Waals surface area contributed by atoms with Gasteiger partial charge in [0.05, 0.1) is 12.3 Å². The zero-order chi connectivity index (χ0) is 24.5. The number of aryl methyl sites for hydroxylation is 1. The number of aromatic nitrogens is 1. The molecule has 0 saturated heterocycles. The molecule has 1 aliphatic rings. The highest BCUT2D eigenvalue weighted by Gasteiger charge is 2.18. The van der Waals surface area contributed by atoms with Gasteiger partial charge in [0.25, 0.3) is 0 Å². The average Bonchev–Trinajstić information content (AvgIpc) is 3.18. The molecule has 0 radical (unpaired) electrons. The Morgan fingerprint density at radius 3 is 2.82 bits per heavy atom. The first-order chi connectivity index (χ1) is 16.4. The van der Waals surface area contributed by atoms with E-state index in [0.29, 0.717) is 17.9 Å². The lowest BCUT2D eigenvalue weighted by Gasteiger charge is -2.27. The maximum Gasteiger partial charge on any atom is 0.304 e. The van der Waals surface area contributed by atoms with Gasteiger partial charge < -0.3 is 14.4 Å². The van der Waals surface area contributed by atoms with E-state index in [1.807, 2.05) is 19.1 Å². The first-order valence-electron chi connectivity index (χ1n) is 11.6. The van der Waals surface area contributed by atoms with Crippen molar-refractivity contribution in [1.82, 2.24) is 9.47 Å². The Kier molecular flexibility index (Phi) is 8.95. The standard InChI is InChI=1S/C29H34N2O3/c1-5-8-25(18-29(32)33)22(3)11-12-27(6-2)34-21-24-10-7-9-23(17-24)19-31-16-14-28-26(20-31)13-15-30(28)4/h6-7,9-13,15,17,25H,3,14,16,18-21H2,1-2,4H3,(H,32,33)/b12-11-,27-6+/t25-/m0/s1. The fourth-order valence-electron chi connectivity index (χ4n) is 4.21. The minimum atomic E-state index is -0.890. The van der Waals surface area contributed by atoms with Gasteiger partial charge in [-0.2, -0.15) is 0 Å². The topological polar surface area (TPSA) is 54.7 Å². The summed E-state index contributed by atoms with van der Waals surface area (Å²) in [6.45, 7) is 11.0. The van der Waals surface area contributed by atoms with E-state index in [1.54, 1.807) is 13.0 Å². The molecule has 0 bridgehead atoms. The number of carboxylic acids is 1. The van der Waals surface area contributed by atoms with Crippen LogP contribution in [-0.4, -0.2) is 27.1 Å². The summed E-state index contributed by atoms with van der Waals surface area (Å²) in [4.78, 5) is 13.6. The highest BCUT2D eigenvalue weighted by atomic mass is 16.5. The Morgan fingerprint density at radius 2 is 2.09 bits per heavy atom. The summed E-state index contributed by atoms with van der Waals surface area (Å²) in [5.41, 5.74) is 5.92. The Morgan fingerprint density at radius 1 is 1.29 bits per heavy atom. The molecule has 0 amide bonds. The molecule has 2 aromatic rings. The van der Waals surface area contributed by atoms with Crippen LogP contribution in [0.5, 0.6) is 0 Å². The monoisotopic (exact) mass is 458 g/mol. The van der Waals surface area contributed by atoms with E-state index in [0.717, 1.165) is 31.6 Å². The maximum atomic E-state index is 11.1. The lowest BCUT2D eigenvalue weighted by atomic mass is 9.97. The number of benzene rings is 1. The zero-order valence-corrected chi connectivity index (χ0v) is 20.4. The number of nitrogens with zero attached hydrogens (tertiary/aromatic N) is 2. The fourth-order valence-corrected chi connectivity index (χ4v) is 4.21. The van der Waals surface area contributed by atoms with Crippen LogP contribution >= 0.6 is 0 Å². The Bertz CT molecular complexity index is 1140. The van der Waals surface area contributed by atoms with Gasteiger partial charge in [-0.3, -0.25) is 9.69 Å². The summed E-state index contributed by atoms with van der Waals surface area (Å²) in [6, 6.07) is 10.8. The van der Waals surface area contributed by atoms with Crippen LogP contribution in [-0.2, 0) is 42.7 Å². The molecule has 1 N–H and O–H groups in total. The number of aliphatic carboxylic acids is 1. The van der Waals surface area contributed by atoms with Crippen LogP contribution in [0.1, 0.15) is 42.7 Å². The largest absolute Gasteiger partial charge is 0.489 e. The van der Waals surface area contributed by atoms with Crippen molar-refractivity contribution in [2.24, 2.45) is 13.0 Å². The van der Waals surface area contributed by atoms with Crippen molar-refractivity contribution >= 4 is 5.97 Å². The van der Waals surface area contributed by atoms with Gasteiger partial charge in [-0.25, -0.2) is 0 Å². The number of carboxylic acid groups (broad SMARTS) is 1. The van der Waals surface area contributed by atoms with E-state index in [1.165, 1.54) is 16.8 Å². The van der Waals surface area contributed by atoms with Crippen LogP contribution in [0.25, 0.3) is 0 Å². The fraction of sp³-hybridized carbons (Fsp3) is 0.345. The lowest BCUT2D eigenvalue weighted by molar-refractivity contribution is -0.137. The molecule has 34 heavy (non-hydrogen) atoms. The first-order valence-corrected chi connectivity index (χ1v) is 11.6. The molecule has 0 unspecified atom stereocenters. The van der Waals surface area contributed by atoms with E-state index in [2.05, 4.69) is 71.5 Å². The second kappa shape index (κ2) is 12.1.